The van der Waals surface area contributed by atoms with Crippen LogP contribution >= 0.6 is 56.4 Å². The van der Waals surface area contributed by atoms with Crippen molar-refractivity contribution in [2.75, 3.05) is 0 Å². The number of benzene rings is 1. The van der Waals surface area contributed by atoms with E-state index >= 15 is 0 Å². The molecule has 0 atom stereocenters. The Balaban J connectivity index is 3.51. The van der Waals surface area contributed by atoms with Gasteiger partial charge in [-0.1, -0.05) is 23.2 Å². The van der Waals surface area contributed by atoms with Crippen LogP contribution in [0.15, 0.2) is 12.1 Å². The molecule has 16 heavy (non-hydrogen) atoms. The first-order valence-electron chi connectivity index (χ1n) is 3.67. The highest BCUT2D eigenvalue weighted by Crippen LogP contribution is 2.37. The second-order valence-electron chi connectivity index (χ2n) is 2.81. The molecular weight excluding hydrogens is 346 g/mol. The molecule has 0 aliphatic heterocycles. The minimum Gasteiger partial charge on any atom is -0.166 e. The van der Waals surface area contributed by atoms with E-state index in [4.69, 9.17) is 56.4 Å². The number of rotatable bonds is 1. The van der Waals surface area contributed by atoms with E-state index in [1.54, 1.807) is 0 Å². The van der Waals surface area contributed by atoms with Crippen molar-refractivity contribution in [3.63, 3.8) is 0 Å². The summed E-state index contributed by atoms with van der Waals surface area (Å²) in [5.74, 6) is 0. The summed E-state index contributed by atoms with van der Waals surface area (Å²) in [7, 11) is 0. The Morgan fingerprint density at radius 1 is 1.00 bits per heavy atom. The molecule has 0 saturated carbocycles. The van der Waals surface area contributed by atoms with Crippen LogP contribution in [0.25, 0.3) is 0 Å². The van der Waals surface area contributed by atoms with Gasteiger partial charge in [-0.2, -0.15) is 13.2 Å². The number of alkyl halides is 3. The summed E-state index contributed by atoms with van der Waals surface area (Å²) in [5, 5.41) is -0.951. The third-order valence-electron chi connectivity index (χ3n) is 1.65. The molecule has 0 amide bonds. The fourth-order valence-corrected chi connectivity index (χ4v) is 4.43. The second kappa shape index (κ2) is 4.75. The van der Waals surface area contributed by atoms with Gasteiger partial charge in [0, 0.05) is 10.2 Å². The van der Waals surface area contributed by atoms with Crippen molar-refractivity contribution in [3.05, 3.63) is 27.7 Å². The predicted octanol–water partition coefficient (Wildman–Crippen LogP) is 4.87. The van der Waals surface area contributed by atoms with Crippen molar-refractivity contribution in [2.24, 2.45) is 0 Å². The first kappa shape index (κ1) is 14.7. The lowest BCUT2D eigenvalue weighted by Crippen LogP contribution is -2.32. The summed E-state index contributed by atoms with van der Waals surface area (Å²) in [6.07, 6.45) is -4.64. The zero-order chi connectivity index (χ0) is 12.7. The zero-order valence-electron chi connectivity index (χ0n) is 7.18. The Morgan fingerprint density at radius 2 is 1.50 bits per heavy atom. The molecule has 0 aromatic heterocycles. The molecule has 0 bridgehead atoms. The van der Waals surface area contributed by atoms with Crippen molar-refractivity contribution < 1.29 is 13.2 Å². The summed E-state index contributed by atoms with van der Waals surface area (Å²) >= 11 is 27.9. The maximum atomic E-state index is 12.5. The van der Waals surface area contributed by atoms with Gasteiger partial charge in [0.25, 0.3) is 0 Å². The molecule has 0 saturated heterocycles. The van der Waals surface area contributed by atoms with Gasteiger partial charge in [0.15, 0.2) is 0 Å². The molecule has 9 heteroatoms. The first-order chi connectivity index (χ1) is 7.03. The van der Waals surface area contributed by atoms with E-state index in [-0.39, 0.29) is 10.2 Å². The van der Waals surface area contributed by atoms with Gasteiger partial charge in [-0.15, -0.1) is 33.2 Å². The molecule has 0 spiro atoms. The van der Waals surface area contributed by atoms with Crippen LogP contribution in [0.3, 0.4) is 0 Å². The highest BCUT2D eigenvalue weighted by molar-refractivity contribution is 7.69. The normalized spacial score (nSPS) is 13.0. The molecule has 90 valence electrons. The molecule has 0 unspecified atom stereocenters. The van der Waals surface area contributed by atoms with Gasteiger partial charge in [-0.3, -0.25) is 0 Å². The summed E-state index contributed by atoms with van der Waals surface area (Å²) in [4.78, 5) is 0. The Morgan fingerprint density at radius 3 is 1.88 bits per heavy atom. The van der Waals surface area contributed by atoms with Crippen LogP contribution in [-0.2, 0) is 6.18 Å². The van der Waals surface area contributed by atoms with E-state index in [9.17, 15) is 13.2 Å². The molecule has 0 nitrogen and oxygen atoms in total. The smallest absolute Gasteiger partial charge is 0.166 e. The molecule has 0 radical (unpaired) electrons. The van der Waals surface area contributed by atoms with E-state index in [1.807, 2.05) is 0 Å². The highest BCUT2D eigenvalue weighted by Gasteiger charge is 2.39. The fourth-order valence-electron chi connectivity index (χ4n) is 1.00. The third-order valence-corrected chi connectivity index (χ3v) is 5.27. The largest absolute Gasteiger partial charge is 0.417 e. The maximum absolute atomic E-state index is 12.5. The average Bonchev–Trinajstić information content (AvgIpc) is 2.04. The van der Waals surface area contributed by atoms with Crippen LogP contribution < -0.4 is 5.19 Å². The summed E-state index contributed by atoms with van der Waals surface area (Å²) in [6.45, 7) is 0. The van der Waals surface area contributed by atoms with Crippen LogP contribution in [0.4, 0.5) is 13.2 Å². The van der Waals surface area contributed by atoms with Crippen molar-refractivity contribution in [1.29, 1.82) is 0 Å². The maximum Gasteiger partial charge on any atom is 0.417 e. The number of hydrogen-bond acceptors (Lipinski definition) is 0. The molecule has 0 fully saturated rings. The van der Waals surface area contributed by atoms with Crippen LogP contribution in [0.5, 0.6) is 0 Å². The lowest BCUT2D eigenvalue weighted by Gasteiger charge is -2.16. The average molecular weight is 348 g/mol. The van der Waals surface area contributed by atoms with E-state index in [1.165, 1.54) is 0 Å². The number of hydrogen-bond donors (Lipinski definition) is 0. The van der Waals surface area contributed by atoms with E-state index in [0.29, 0.717) is 6.07 Å². The molecule has 1 aromatic rings. The highest BCUT2D eigenvalue weighted by atomic mass is 35.8. The summed E-state index contributed by atoms with van der Waals surface area (Å²) in [6, 6.07) is -1.69. The summed E-state index contributed by atoms with van der Waals surface area (Å²) < 4.78 is 37.6. The topological polar surface area (TPSA) is 0 Å². The monoisotopic (exact) mass is 346 g/mol. The van der Waals surface area contributed by atoms with E-state index in [0.717, 1.165) is 6.07 Å². The van der Waals surface area contributed by atoms with E-state index < -0.39 is 22.8 Å². The molecule has 0 aliphatic carbocycles. The molecule has 0 heterocycles. The first-order valence-corrected chi connectivity index (χ1v) is 9.46. The van der Waals surface area contributed by atoms with Crippen LogP contribution in [0.1, 0.15) is 5.56 Å². The Bertz CT molecular complexity index is 376. The lowest BCUT2D eigenvalue weighted by atomic mass is 10.2. The van der Waals surface area contributed by atoms with Gasteiger partial charge in [0.1, 0.15) is 0 Å². The van der Waals surface area contributed by atoms with Crippen molar-refractivity contribution in [3.8, 4) is 0 Å². The minimum absolute atomic E-state index is 0.168. The van der Waals surface area contributed by atoms with Crippen molar-refractivity contribution in [1.82, 2.24) is 0 Å². The fraction of sp³-hybridized carbons (Fsp3) is 0.143. The molecule has 0 N–H and O–H groups in total. The second-order valence-corrected chi connectivity index (χ2v) is 12.0. The van der Waals surface area contributed by atoms with Gasteiger partial charge in [-0.05, 0) is 12.1 Å². The molecule has 0 aliphatic rings. The minimum atomic E-state index is -4.64. The SMILES string of the molecule is FC(F)(F)c1cc(Cl)cc([Si](Cl)(Cl)Cl)c1Cl. The molecule has 1 rings (SSSR count). The van der Waals surface area contributed by atoms with Gasteiger partial charge >= 0.3 is 12.2 Å². The Kier molecular flexibility index (Phi) is 4.37. The van der Waals surface area contributed by atoms with E-state index in [2.05, 4.69) is 0 Å². The molecular formula is C7H2Cl5F3Si. The predicted molar refractivity (Wildman–Crippen MR) is 64.4 cm³/mol. The van der Waals surface area contributed by atoms with Gasteiger partial charge in [0.05, 0.1) is 10.6 Å². The molecule has 1 aromatic carbocycles. The van der Waals surface area contributed by atoms with Crippen molar-refractivity contribution in [2.45, 2.75) is 6.18 Å². The zero-order valence-corrected chi connectivity index (χ0v) is 12.0. The summed E-state index contributed by atoms with van der Waals surface area (Å²) in [5.41, 5.74) is -1.10. The van der Waals surface area contributed by atoms with Gasteiger partial charge < -0.3 is 0 Å². The van der Waals surface area contributed by atoms with Gasteiger partial charge in [0.2, 0.25) is 0 Å². The standard InChI is InChI=1S/C7H2Cl5F3Si/c8-3-1-4(7(13,14)15)6(9)5(2-3)16(10,11)12/h1-2H. The van der Waals surface area contributed by atoms with Crippen LogP contribution in [0, 0.1) is 0 Å². The van der Waals surface area contributed by atoms with Crippen molar-refractivity contribution >= 4 is 67.6 Å². The lowest BCUT2D eigenvalue weighted by molar-refractivity contribution is -0.137. The van der Waals surface area contributed by atoms with Crippen LogP contribution in [0.2, 0.25) is 10.0 Å². The number of halogens is 8. The Hall–Kier alpha value is 0.677. The quantitative estimate of drug-likeness (QED) is 0.501. The Labute approximate surface area is 114 Å². The van der Waals surface area contributed by atoms with Crippen LogP contribution in [-0.4, -0.2) is 6.00 Å². The third kappa shape index (κ3) is 3.34. The van der Waals surface area contributed by atoms with Gasteiger partial charge in [-0.25, -0.2) is 0 Å².